The lowest BCUT2D eigenvalue weighted by atomic mass is 10.0. The molecular formula is C22H19ClN6O. The van der Waals surface area contributed by atoms with Crippen LogP contribution in [-0.2, 0) is 13.0 Å². The van der Waals surface area contributed by atoms with Crippen molar-refractivity contribution in [3.8, 4) is 11.1 Å². The molecule has 7 nitrogen and oxygen atoms in total. The summed E-state index contributed by atoms with van der Waals surface area (Å²) in [5, 5.41) is 4.63. The Bertz CT molecular complexity index is 1330. The van der Waals surface area contributed by atoms with Crippen LogP contribution in [-0.4, -0.2) is 31.1 Å². The number of anilines is 1. The Labute approximate surface area is 178 Å². The summed E-state index contributed by atoms with van der Waals surface area (Å²) in [5.74, 6) is 0.752. The fourth-order valence-corrected chi connectivity index (χ4v) is 3.91. The van der Waals surface area contributed by atoms with Crippen LogP contribution in [0.4, 0.5) is 5.82 Å². The van der Waals surface area contributed by atoms with Gasteiger partial charge in [-0.2, -0.15) is 4.52 Å². The summed E-state index contributed by atoms with van der Waals surface area (Å²) in [6.07, 6.45) is 5.96. The van der Waals surface area contributed by atoms with E-state index in [-0.39, 0.29) is 10.6 Å². The molecular weight excluding hydrogens is 400 g/mol. The number of aromatic nitrogens is 5. The van der Waals surface area contributed by atoms with E-state index in [1.807, 2.05) is 38.4 Å². The summed E-state index contributed by atoms with van der Waals surface area (Å²) in [5.41, 5.74) is 6.39. The van der Waals surface area contributed by atoms with Gasteiger partial charge in [0.05, 0.1) is 6.20 Å². The van der Waals surface area contributed by atoms with Gasteiger partial charge < -0.3 is 4.90 Å². The minimum Gasteiger partial charge on any atom is -0.350 e. The number of halogens is 1. The Morgan fingerprint density at radius 3 is 2.63 bits per heavy atom. The molecule has 0 bridgehead atoms. The molecule has 150 valence electrons. The zero-order valence-corrected chi connectivity index (χ0v) is 17.4. The van der Waals surface area contributed by atoms with Gasteiger partial charge >= 0.3 is 0 Å². The van der Waals surface area contributed by atoms with Crippen molar-refractivity contribution in [1.82, 2.24) is 24.6 Å². The molecule has 1 aliphatic heterocycles. The average Bonchev–Trinajstić information content (AvgIpc) is 2.76. The second-order valence-corrected chi connectivity index (χ2v) is 7.93. The zero-order chi connectivity index (χ0) is 20.8. The first-order valence-corrected chi connectivity index (χ1v) is 10.1. The fourth-order valence-electron chi connectivity index (χ4n) is 3.78. The Morgan fingerprint density at radius 1 is 1.00 bits per heavy atom. The molecule has 0 saturated carbocycles. The highest BCUT2D eigenvalue weighted by molar-refractivity contribution is 6.30. The Hall–Kier alpha value is -3.32. The van der Waals surface area contributed by atoms with Gasteiger partial charge in [-0.15, -0.1) is 5.10 Å². The topological polar surface area (TPSA) is 76.3 Å². The Morgan fingerprint density at radius 2 is 1.83 bits per heavy atom. The largest absolute Gasteiger partial charge is 0.350 e. The van der Waals surface area contributed by atoms with Crippen LogP contribution in [0.15, 0.2) is 47.7 Å². The van der Waals surface area contributed by atoms with E-state index in [1.54, 1.807) is 0 Å². The third-order valence-corrected chi connectivity index (χ3v) is 5.66. The van der Waals surface area contributed by atoms with Crippen LogP contribution < -0.4 is 10.5 Å². The number of hydrogen-bond acceptors (Lipinski definition) is 6. The normalized spacial score (nSPS) is 13.5. The molecule has 5 heterocycles. The second kappa shape index (κ2) is 7.18. The predicted molar refractivity (Wildman–Crippen MR) is 116 cm³/mol. The summed E-state index contributed by atoms with van der Waals surface area (Å²) in [7, 11) is 0. The van der Waals surface area contributed by atoms with Gasteiger partial charge in [0.1, 0.15) is 5.02 Å². The number of hydrogen-bond donors (Lipinski definition) is 0. The maximum absolute atomic E-state index is 12.4. The quantitative estimate of drug-likeness (QED) is 0.496. The lowest BCUT2D eigenvalue weighted by molar-refractivity contribution is 0.686. The van der Waals surface area contributed by atoms with Gasteiger partial charge in [-0.05, 0) is 43.2 Å². The van der Waals surface area contributed by atoms with E-state index in [0.717, 1.165) is 52.4 Å². The Balaban J connectivity index is 1.53. The molecule has 0 aliphatic carbocycles. The fraction of sp³-hybridized carbons (Fsp3) is 0.227. The molecule has 0 aromatic carbocycles. The van der Waals surface area contributed by atoms with Crippen molar-refractivity contribution < 1.29 is 0 Å². The molecule has 0 saturated heterocycles. The van der Waals surface area contributed by atoms with Gasteiger partial charge in [-0.3, -0.25) is 14.8 Å². The SMILES string of the molecule is Cc1ccc(-c2cnc3c(c2)CN(c2nn4c(=O)c(Cl)cnc4cc2C)CC3)cn1. The summed E-state index contributed by atoms with van der Waals surface area (Å²) < 4.78 is 1.27. The highest BCUT2D eigenvalue weighted by atomic mass is 35.5. The smallest absolute Gasteiger partial charge is 0.293 e. The molecule has 1 aliphatic rings. The summed E-state index contributed by atoms with van der Waals surface area (Å²) >= 11 is 5.96. The van der Waals surface area contributed by atoms with E-state index in [4.69, 9.17) is 11.6 Å². The third kappa shape index (κ3) is 3.21. The van der Waals surface area contributed by atoms with Crippen molar-refractivity contribution in [3.63, 3.8) is 0 Å². The number of fused-ring (bicyclic) bond motifs is 2. The van der Waals surface area contributed by atoms with Gasteiger partial charge in [0, 0.05) is 54.4 Å². The summed E-state index contributed by atoms with van der Waals surface area (Å²) in [6.45, 7) is 5.38. The van der Waals surface area contributed by atoms with E-state index in [2.05, 4.69) is 37.1 Å². The number of aryl methyl sites for hydroxylation is 2. The molecule has 4 aromatic heterocycles. The first kappa shape index (κ1) is 18.7. The molecule has 0 fully saturated rings. The van der Waals surface area contributed by atoms with Crippen LogP contribution in [0.2, 0.25) is 5.02 Å². The van der Waals surface area contributed by atoms with Crippen molar-refractivity contribution in [2.24, 2.45) is 0 Å². The molecule has 0 N–H and O–H groups in total. The number of nitrogens with zero attached hydrogens (tertiary/aromatic N) is 6. The standard InChI is InChI=1S/C22H19ClN6O/c1-13-7-20-26-11-18(23)22(30)29(20)27-21(13)28-6-5-19-17(12-28)8-16(10-25-19)15-4-3-14(2)24-9-15/h3-4,7-11H,5-6,12H2,1-2H3. The molecule has 0 amide bonds. The van der Waals surface area contributed by atoms with Crippen molar-refractivity contribution in [2.75, 3.05) is 11.4 Å². The molecule has 4 aromatic rings. The minimum absolute atomic E-state index is 0.0549. The van der Waals surface area contributed by atoms with Crippen molar-refractivity contribution in [2.45, 2.75) is 26.8 Å². The maximum atomic E-state index is 12.4. The number of rotatable bonds is 2. The van der Waals surface area contributed by atoms with Gasteiger partial charge in [0.15, 0.2) is 11.5 Å². The highest BCUT2D eigenvalue weighted by Gasteiger charge is 2.22. The zero-order valence-electron chi connectivity index (χ0n) is 16.6. The lowest BCUT2D eigenvalue weighted by Gasteiger charge is -2.30. The lowest BCUT2D eigenvalue weighted by Crippen LogP contribution is -2.33. The van der Waals surface area contributed by atoms with E-state index in [1.165, 1.54) is 10.7 Å². The van der Waals surface area contributed by atoms with Crippen LogP contribution in [0.25, 0.3) is 16.8 Å². The summed E-state index contributed by atoms with van der Waals surface area (Å²) in [4.78, 5) is 27.8. The summed E-state index contributed by atoms with van der Waals surface area (Å²) in [6, 6.07) is 8.09. The van der Waals surface area contributed by atoms with Crippen molar-refractivity contribution >= 4 is 23.1 Å². The second-order valence-electron chi connectivity index (χ2n) is 7.52. The van der Waals surface area contributed by atoms with Gasteiger partial charge in [0.2, 0.25) is 0 Å². The minimum atomic E-state index is -0.365. The van der Waals surface area contributed by atoms with Crippen LogP contribution in [0, 0.1) is 13.8 Å². The molecule has 0 unspecified atom stereocenters. The van der Waals surface area contributed by atoms with E-state index in [9.17, 15) is 4.79 Å². The van der Waals surface area contributed by atoms with Crippen LogP contribution in [0.3, 0.4) is 0 Å². The first-order valence-electron chi connectivity index (χ1n) is 9.70. The molecule has 0 atom stereocenters. The molecule has 5 rings (SSSR count). The molecule has 0 radical (unpaired) electrons. The molecule has 0 spiro atoms. The predicted octanol–water partition coefficient (Wildman–Crippen LogP) is 3.38. The maximum Gasteiger partial charge on any atom is 0.293 e. The monoisotopic (exact) mass is 418 g/mol. The molecule has 30 heavy (non-hydrogen) atoms. The van der Waals surface area contributed by atoms with Crippen LogP contribution in [0.1, 0.15) is 22.5 Å². The highest BCUT2D eigenvalue weighted by Crippen LogP contribution is 2.28. The first-order chi connectivity index (χ1) is 14.5. The Kier molecular flexibility index (Phi) is 4.47. The van der Waals surface area contributed by atoms with Crippen LogP contribution >= 0.6 is 11.6 Å². The average molecular weight is 419 g/mol. The molecule has 8 heteroatoms. The number of pyridine rings is 2. The van der Waals surface area contributed by atoms with Crippen molar-refractivity contribution in [1.29, 1.82) is 0 Å². The van der Waals surface area contributed by atoms with Gasteiger partial charge in [-0.25, -0.2) is 4.98 Å². The van der Waals surface area contributed by atoms with E-state index < -0.39 is 0 Å². The van der Waals surface area contributed by atoms with Crippen molar-refractivity contribution in [3.05, 3.63) is 80.7 Å². The third-order valence-electron chi connectivity index (χ3n) is 5.40. The van der Waals surface area contributed by atoms with E-state index >= 15 is 0 Å². The van der Waals surface area contributed by atoms with Crippen LogP contribution in [0.5, 0.6) is 0 Å². The van der Waals surface area contributed by atoms with E-state index in [0.29, 0.717) is 12.2 Å². The van der Waals surface area contributed by atoms with Gasteiger partial charge in [0.25, 0.3) is 5.56 Å². The van der Waals surface area contributed by atoms with Gasteiger partial charge in [-0.1, -0.05) is 17.7 Å².